The predicted octanol–water partition coefficient (Wildman–Crippen LogP) is 4.82. The molecule has 4 fully saturated rings. The van der Waals surface area contributed by atoms with Gasteiger partial charge >= 0.3 is 0 Å². The maximum absolute atomic E-state index is 4.87. The first-order valence-electron chi connectivity index (χ1n) is 9.73. The lowest BCUT2D eigenvalue weighted by atomic mass is 9.49. The monoisotopic (exact) mass is 362 g/mol. The molecule has 0 saturated heterocycles. The van der Waals surface area contributed by atoms with Crippen LogP contribution < -0.4 is 0 Å². The Balaban J connectivity index is 1.37. The molecular weight excluding hydrogens is 340 g/mol. The number of rotatable bonds is 3. The highest BCUT2D eigenvalue weighted by molar-refractivity contribution is 7.17. The second-order valence-corrected chi connectivity index (χ2v) is 9.59. The van der Waals surface area contributed by atoms with Crippen LogP contribution in [0.3, 0.4) is 0 Å². The molecule has 0 spiro atoms. The molecule has 0 atom stereocenters. The molecule has 2 heterocycles. The Morgan fingerprint density at radius 3 is 2.31 bits per heavy atom. The van der Waals surface area contributed by atoms with Gasteiger partial charge in [-0.05, 0) is 67.9 Å². The molecule has 0 amide bonds. The van der Waals surface area contributed by atoms with Crippen LogP contribution in [0.15, 0.2) is 30.3 Å². The van der Waals surface area contributed by atoms with Crippen molar-refractivity contribution in [2.45, 2.75) is 43.9 Å². The maximum atomic E-state index is 4.87. The summed E-state index contributed by atoms with van der Waals surface area (Å²) >= 11 is 1.63. The molecule has 4 aliphatic rings. The molecule has 3 aromatic rings. The Morgan fingerprint density at radius 1 is 0.923 bits per heavy atom. The Morgan fingerprint density at radius 2 is 1.62 bits per heavy atom. The molecule has 4 saturated carbocycles. The number of nitrogens with zero attached hydrogens (tertiary/aromatic N) is 4. The van der Waals surface area contributed by atoms with E-state index >= 15 is 0 Å². The summed E-state index contributed by atoms with van der Waals surface area (Å²) in [4.78, 5) is 0.934. The van der Waals surface area contributed by atoms with E-state index < -0.39 is 0 Å². The maximum Gasteiger partial charge on any atom is 0.234 e. The number of fused-ring (bicyclic) bond motifs is 1. The van der Waals surface area contributed by atoms with Crippen molar-refractivity contribution >= 4 is 28.4 Å². The minimum absolute atomic E-state index is 0.239. The molecule has 4 bridgehead atoms. The first-order valence-corrected chi connectivity index (χ1v) is 10.5. The Hall–Kier alpha value is -2.01. The molecular formula is C21H22N4S. The van der Waals surface area contributed by atoms with Crippen LogP contribution in [0.2, 0.25) is 0 Å². The zero-order valence-electron chi connectivity index (χ0n) is 14.7. The lowest BCUT2D eigenvalue weighted by Gasteiger charge is -2.55. The summed E-state index contributed by atoms with van der Waals surface area (Å²) in [6.07, 6.45) is 12.5. The van der Waals surface area contributed by atoms with Gasteiger partial charge in [-0.1, -0.05) is 47.7 Å². The SMILES string of the molecule is C(=Cc1nn2c(C34CC5CC(CC(C5)C3)C4)nnc2s1)c1ccccc1. The van der Waals surface area contributed by atoms with E-state index in [2.05, 4.69) is 51.1 Å². The Kier molecular flexibility index (Phi) is 3.19. The molecule has 132 valence electrons. The van der Waals surface area contributed by atoms with Gasteiger partial charge in [0.25, 0.3) is 0 Å². The third kappa shape index (κ3) is 2.29. The van der Waals surface area contributed by atoms with Crippen LogP contribution in [-0.2, 0) is 5.41 Å². The van der Waals surface area contributed by atoms with Gasteiger partial charge in [0.15, 0.2) is 5.82 Å². The molecule has 4 nitrogen and oxygen atoms in total. The van der Waals surface area contributed by atoms with E-state index in [0.717, 1.165) is 33.5 Å². The van der Waals surface area contributed by atoms with Gasteiger partial charge in [-0.3, -0.25) is 0 Å². The second-order valence-electron chi connectivity index (χ2n) is 8.60. The van der Waals surface area contributed by atoms with E-state index in [1.54, 1.807) is 11.3 Å². The number of hydrogen-bond acceptors (Lipinski definition) is 4. The average molecular weight is 363 g/mol. The van der Waals surface area contributed by atoms with Gasteiger partial charge in [0.2, 0.25) is 4.96 Å². The van der Waals surface area contributed by atoms with Crippen LogP contribution in [-0.4, -0.2) is 19.8 Å². The first-order chi connectivity index (χ1) is 12.8. The van der Waals surface area contributed by atoms with Crippen LogP contribution in [0.1, 0.15) is 54.9 Å². The Bertz CT molecular complexity index is 949. The summed E-state index contributed by atoms with van der Waals surface area (Å²) in [7, 11) is 0. The van der Waals surface area contributed by atoms with E-state index in [1.807, 2.05) is 6.07 Å². The van der Waals surface area contributed by atoms with Crippen molar-refractivity contribution in [2.75, 3.05) is 0 Å². The summed E-state index contributed by atoms with van der Waals surface area (Å²) in [6.45, 7) is 0. The minimum atomic E-state index is 0.239. The molecule has 0 unspecified atom stereocenters. The van der Waals surface area contributed by atoms with Gasteiger partial charge in [-0.15, -0.1) is 10.2 Å². The topological polar surface area (TPSA) is 43.1 Å². The number of aromatic nitrogens is 4. The van der Waals surface area contributed by atoms with E-state index in [1.165, 1.54) is 44.1 Å². The van der Waals surface area contributed by atoms with Crippen molar-refractivity contribution in [3.8, 4) is 0 Å². The predicted molar refractivity (Wildman–Crippen MR) is 104 cm³/mol. The highest BCUT2D eigenvalue weighted by atomic mass is 32.1. The fourth-order valence-corrected chi connectivity index (χ4v) is 6.89. The molecule has 0 aliphatic heterocycles. The minimum Gasteiger partial charge on any atom is -0.186 e. The van der Waals surface area contributed by atoms with Crippen molar-refractivity contribution in [1.29, 1.82) is 0 Å². The molecule has 0 N–H and O–H groups in total. The van der Waals surface area contributed by atoms with Crippen LogP contribution in [0, 0.1) is 17.8 Å². The first kappa shape index (κ1) is 15.1. The molecule has 26 heavy (non-hydrogen) atoms. The summed E-state index contributed by atoms with van der Waals surface area (Å²) in [5, 5.41) is 15.0. The quantitative estimate of drug-likeness (QED) is 0.670. The van der Waals surface area contributed by atoms with E-state index in [9.17, 15) is 0 Å². The molecule has 0 radical (unpaired) electrons. The number of hydrogen-bond donors (Lipinski definition) is 0. The summed E-state index contributed by atoms with van der Waals surface area (Å²) in [5.41, 5.74) is 1.43. The van der Waals surface area contributed by atoms with Crippen molar-refractivity contribution in [1.82, 2.24) is 19.8 Å². The van der Waals surface area contributed by atoms with E-state index in [0.29, 0.717) is 0 Å². The van der Waals surface area contributed by atoms with Gasteiger partial charge in [-0.2, -0.15) is 9.61 Å². The molecule has 7 rings (SSSR count). The zero-order chi connectivity index (χ0) is 17.1. The van der Waals surface area contributed by atoms with Crippen LogP contribution >= 0.6 is 11.3 Å². The molecule has 1 aromatic carbocycles. The average Bonchev–Trinajstić information content (AvgIpc) is 3.20. The van der Waals surface area contributed by atoms with Crippen LogP contribution in [0.5, 0.6) is 0 Å². The fraction of sp³-hybridized carbons (Fsp3) is 0.476. The van der Waals surface area contributed by atoms with E-state index in [4.69, 9.17) is 5.10 Å². The van der Waals surface area contributed by atoms with Gasteiger partial charge in [0.05, 0.1) is 0 Å². The van der Waals surface area contributed by atoms with Crippen molar-refractivity contribution in [3.63, 3.8) is 0 Å². The standard InChI is InChI=1S/C21H22N4S/c1-2-4-14(5-3-1)6-7-18-24-25-19(22-23-20(25)26-18)21-11-15-8-16(12-21)10-17(9-15)13-21/h1-7,15-17H,8-13H2. The van der Waals surface area contributed by atoms with Crippen LogP contribution in [0.4, 0.5) is 0 Å². The zero-order valence-corrected chi connectivity index (χ0v) is 15.5. The van der Waals surface area contributed by atoms with Crippen molar-refractivity contribution < 1.29 is 0 Å². The highest BCUT2D eigenvalue weighted by Crippen LogP contribution is 2.60. The summed E-state index contributed by atoms with van der Waals surface area (Å²) in [5.74, 6) is 3.86. The fourth-order valence-electron chi connectivity index (χ4n) is 6.15. The largest absolute Gasteiger partial charge is 0.234 e. The lowest BCUT2D eigenvalue weighted by Crippen LogP contribution is -2.49. The molecule has 5 heteroatoms. The number of benzene rings is 1. The Labute approximate surface area is 157 Å². The normalized spacial score (nSPS) is 32.8. The van der Waals surface area contributed by atoms with Crippen molar-refractivity contribution in [2.24, 2.45) is 17.8 Å². The van der Waals surface area contributed by atoms with E-state index in [-0.39, 0.29) is 5.41 Å². The van der Waals surface area contributed by atoms with Gasteiger partial charge in [-0.25, -0.2) is 0 Å². The van der Waals surface area contributed by atoms with Gasteiger partial charge in [0, 0.05) is 5.41 Å². The van der Waals surface area contributed by atoms with Gasteiger partial charge < -0.3 is 0 Å². The third-order valence-electron chi connectivity index (χ3n) is 6.74. The molecule has 4 aliphatic carbocycles. The lowest BCUT2D eigenvalue weighted by molar-refractivity contribution is -0.0103. The van der Waals surface area contributed by atoms with Crippen molar-refractivity contribution in [3.05, 3.63) is 46.7 Å². The second kappa shape index (κ2) is 5.49. The van der Waals surface area contributed by atoms with Crippen LogP contribution in [0.25, 0.3) is 17.1 Å². The highest BCUT2D eigenvalue weighted by Gasteiger charge is 2.54. The summed E-state index contributed by atoms with van der Waals surface area (Å²) in [6, 6.07) is 10.4. The third-order valence-corrected chi connectivity index (χ3v) is 7.60. The van der Waals surface area contributed by atoms with Gasteiger partial charge in [0.1, 0.15) is 5.01 Å². The smallest absolute Gasteiger partial charge is 0.186 e. The summed E-state index contributed by atoms with van der Waals surface area (Å²) < 4.78 is 2.06. The molecule has 2 aromatic heterocycles.